The van der Waals surface area contributed by atoms with Crippen molar-refractivity contribution in [3.63, 3.8) is 0 Å². The third-order valence-corrected chi connectivity index (χ3v) is 6.70. The molecule has 8 nitrogen and oxygen atoms in total. The second-order valence-corrected chi connectivity index (χ2v) is 8.83. The maximum atomic E-state index is 14.2. The predicted molar refractivity (Wildman–Crippen MR) is 131 cm³/mol. The predicted octanol–water partition coefficient (Wildman–Crippen LogP) is 4.40. The SMILES string of the molecule is COc1ccc([C@@H]2Nn3c(COc4ccccc4)nnc3S[C@H]2C(=O)Nc2ccccc2F)cc1. The quantitative estimate of drug-likeness (QED) is 0.396. The number of hydrogen-bond acceptors (Lipinski definition) is 7. The first kappa shape index (κ1) is 22.7. The van der Waals surface area contributed by atoms with Gasteiger partial charge >= 0.3 is 0 Å². The molecule has 4 aromatic rings. The standard InChI is InChI=1S/C25H22FN5O3S/c1-33-17-13-11-16(12-14-17)22-23(24(32)27-20-10-6-5-9-19(20)26)35-25-29-28-21(31(25)30-22)15-34-18-7-3-2-4-8-18/h2-14,22-23,30H,15H2,1H3,(H,27,32)/t22-,23+/m0/s1. The van der Waals surface area contributed by atoms with Crippen molar-refractivity contribution in [2.24, 2.45) is 0 Å². The van der Waals surface area contributed by atoms with Crippen LogP contribution in [-0.2, 0) is 11.4 Å². The van der Waals surface area contributed by atoms with Crippen LogP contribution in [0.1, 0.15) is 17.4 Å². The van der Waals surface area contributed by atoms with Crippen LogP contribution in [0.2, 0.25) is 0 Å². The lowest BCUT2D eigenvalue weighted by atomic mass is 10.0. The zero-order valence-corrected chi connectivity index (χ0v) is 19.5. The fraction of sp³-hybridized carbons (Fsp3) is 0.160. The molecule has 2 N–H and O–H groups in total. The largest absolute Gasteiger partial charge is 0.497 e. The van der Waals surface area contributed by atoms with E-state index in [1.54, 1.807) is 23.9 Å². The van der Waals surface area contributed by atoms with E-state index in [-0.39, 0.29) is 18.2 Å². The number of amides is 1. The van der Waals surface area contributed by atoms with Gasteiger partial charge in [0.05, 0.1) is 18.8 Å². The van der Waals surface area contributed by atoms with Gasteiger partial charge in [-0.3, -0.25) is 4.79 Å². The molecule has 2 heterocycles. The van der Waals surface area contributed by atoms with Crippen LogP contribution in [0.15, 0.2) is 84.0 Å². The molecule has 0 bridgehead atoms. The summed E-state index contributed by atoms with van der Waals surface area (Å²) in [6, 6.07) is 22.4. The maximum absolute atomic E-state index is 14.2. The van der Waals surface area contributed by atoms with Gasteiger partial charge in [0, 0.05) is 0 Å². The van der Waals surface area contributed by atoms with E-state index in [2.05, 4.69) is 20.9 Å². The molecule has 10 heteroatoms. The molecule has 0 aliphatic carbocycles. The van der Waals surface area contributed by atoms with Gasteiger partial charge in [0.25, 0.3) is 0 Å². The van der Waals surface area contributed by atoms with Crippen molar-refractivity contribution in [2.45, 2.75) is 23.1 Å². The fourth-order valence-electron chi connectivity index (χ4n) is 3.68. The van der Waals surface area contributed by atoms with Crippen molar-refractivity contribution >= 4 is 23.4 Å². The summed E-state index contributed by atoms with van der Waals surface area (Å²) in [6.07, 6.45) is 0. The molecule has 0 unspecified atom stereocenters. The monoisotopic (exact) mass is 491 g/mol. The molecule has 0 spiro atoms. The summed E-state index contributed by atoms with van der Waals surface area (Å²) < 4.78 is 27.0. The van der Waals surface area contributed by atoms with E-state index in [9.17, 15) is 9.18 Å². The van der Waals surface area contributed by atoms with Crippen LogP contribution in [0, 0.1) is 5.82 Å². The van der Waals surface area contributed by atoms with E-state index in [4.69, 9.17) is 9.47 Å². The third kappa shape index (κ3) is 4.92. The van der Waals surface area contributed by atoms with E-state index in [1.165, 1.54) is 23.9 Å². The summed E-state index contributed by atoms with van der Waals surface area (Å²) in [5, 5.41) is 11.1. The molecule has 178 valence electrons. The molecule has 0 saturated heterocycles. The number of methoxy groups -OCH3 is 1. The highest BCUT2D eigenvalue weighted by atomic mass is 32.2. The Morgan fingerprint density at radius 2 is 1.77 bits per heavy atom. The number of hydrogen-bond donors (Lipinski definition) is 2. The van der Waals surface area contributed by atoms with Gasteiger partial charge < -0.3 is 20.2 Å². The highest BCUT2D eigenvalue weighted by Gasteiger charge is 2.38. The van der Waals surface area contributed by atoms with Gasteiger partial charge in [-0.1, -0.05) is 54.2 Å². The molecule has 1 aliphatic heterocycles. The molecule has 0 radical (unpaired) electrons. The van der Waals surface area contributed by atoms with Crippen LogP contribution in [-0.4, -0.2) is 33.1 Å². The number of nitrogens with one attached hydrogen (secondary N) is 2. The maximum Gasteiger partial charge on any atom is 0.240 e. The number of thioether (sulfide) groups is 1. The molecule has 1 aliphatic rings. The van der Waals surface area contributed by atoms with Crippen molar-refractivity contribution in [2.75, 3.05) is 17.9 Å². The first-order chi connectivity index (χ1) is 17.1. The number of para-hydroxylation sites is 2. The van der Waals surface area contributed by atoms with Crippen LogP contribution in [0.5, 0.6) is 11.5 Å². The number of carbonyl (C=O) groups is 1. The lowest BCUT2D eigenvalue weighted by molar-refractivity contribution is -0.116. The minimum Gasteiger partial charge on any atom is -0.497 e. The van der Waals surface area contributed by atoms with Crippen molar-refractivity contribution in [3.05, 3.63) is 96.1 Å². The Hall–Kier alpha value is -4.05. The van der Waals surface area contributed by atoms with Gasteiger partial charge in [-0.2, -0.15) is 0 Å². The van der Waals surface area contributed by atoms with Gasteiger partial charge in [-0.15, -0.1) is 10.2 Å². The number of nitrogens with zero attached hydrogens (tertiary/aromatic N) is 3. The summed E-state index contributed by atoms with van der Waals surface area (Å²) in [4.78, 5) is 13.3. The van der Waals surface area contributed by atoms with Crippen molar-refractivity contribution < 1.29 is 18.7 Å². The molecule has 3 aromatic carbocycles. The van der Waals surface area contributed by atoms with Gasteiger partial charge in [0.2, 0.25) is 11.1 Å². The second kappa shape index (κ2) is 10.1. The first-order valence-corrected chi connectivity index (χ1v) is 11.7. The average molecular weight is 492 g/mol. The number of halogens is 1. The van der Waals surface area contributed by atoms with Crippen LogP contribution in [0.4, 0.5) is 10.1 Å². The van der Waals surface area contributed by atoms with E-state index in [0.29, 0.717) is 22.5 Å². The van der Waals surface area contributed by atoms with Gasteiger partial charge in [0.15, 0.2) is 5.82 Å². The molecule has 2 atom stereocenters. The zero-order chi connectivity index (χ0) is 24.2. The number of anilines is 1. The summed E-state index contributed by atoms with van der Waals surface area (Å²) in [6.45, 7) is 0.187. The lowest BCUT2D eigenvalue weighted by Gasteiger charge is -2.33. The number of rotatable bonds is 7. The van der Waals surface area contributed by atoms with Crippen LogP contribution >= 0.6 is 11.8 Å². The van der Waals surface area contributed by atoms with E-state index < -0.39 is 17.1 Å². The van der Waals surface area contributed by atoms with Gasteiger partial charge in [-0.05, 0) is 42.0 Å². The fourth-order valence-corrected chi connectivity index (χ4v) is 4.78. The Bertz CT molecular complexity index is 1320. The Labute approximate surface area is 205 Å². The number of aromatic nitrogens is 3. The molecule has 1 aromatic heterocycles. The number of carbonyl (C=O) groups excluding carboxylic acids is 1. The van der Waals surface area contributed by atoms with E-state index >= 15 is 0 Å². The topological polar surface area (TPSA) is 90.3 Å². The smallest absolute Gasteiger partial charge is 0.240 e. The summed E-state index contributed by atoms with van der Waals surface area (Å²) in [5.41, 5.74) is 4.33. The Kier molecular flexibility index (Phi) is 6.53. The van der Waals surface area contributed by atoms with Crippen LogP contribution < -0.4 is 20.2 Å². The first-order valence-electron chi connectivity index (χ1n) is 10.9. The molecular formula is C25H22FN5O3S. The molecule has 5 rings (SSSR count). The Balaban J connectivity index is 1.43. The van der Waals surface area contributed by atoms with Crippen molar-refractivity contribution in [1.82, 2.24) is 14.9 Å². The Morgan fingerprint density at radius 3 is 2.51 bits per heavy atom. The molecule has 0 saturated carbocycles. The van der Waals surface area contributed by atoms with Crippen molar-refractivity contribution in [1.29, 1.82) is 0 Å². The van der Waals surface area contributed by atoms with Crippen molar-refractivity contribution in [3.8, 4) is 11.5 Å². The highest BCUT2D eigenvalue weighted by Crippen LogP contribution is 2.38. The molecule has 1 amide bonds. The van der Waals surface area contributed by atoms with Gasteiger partial charge in [0.1, 0.15) is 29.2 Å². The average Bonchev–Trinajstić information content (AvgIpc) is 3.30. The third-order valence-electron chi connectivity index (χ3n) is 5.48. The molecule has 35 heavy (non-hydrogen) atoms. The molecular weight excluding hydrogens is 469 g/mol. The van der Waals surface area contributed by atoms with Gasteiger partial charge in [-0.25, -0.2) is 9.07 Å². The number of ether oxygens (including phenoxy) is 2. The van der Waals surface area contributed by atoms with E-state index in [1.807, 2.05) is 54.6 Å². The van der Waals surface area contributed by atoms with Crippen LogP contribution in [0.25, 0.3) is 0 Å². The Morgan fingerprint density at radius 1 is 1.03 bits per heavy atom. The summed E-state index contributed by atoms with van der Waals surface area (Å²) in [7, 11) is 1.59. The number of fused-ring (bicyclic) bond motifs is 1. The van der Waals surface area contributed by atoms with Crippen LogP contribution in [0.3, 0.4) is 0 Å². The summed E-state index contributed by atoms with van der Waals surface area (Å²) in [5.74, 6) is 1.11. The minimum absolute atomic E-state index is 0.121. The number of benzene rings is 3. The normalized spacial score (nSPS) is 16.6. The molecule has 0 fully saturated rings. The zero-order valence-electron chi connectivity index (χ0n) is 18.7. The summed E-state index contributed by atoms with van der Waals surface area (Å²) >= 11 is 1.25. The minimum atomic E-state index is -0.650. The second-order valence-electron chi connectivity index (χ2n) is 7.72. The highest BCUT2D eigenvalue weighted by molar-refractivity contribution is 8.00. The lowest BCUT2D eigenvalue weighted by Crippen LogP contribution is -2.41. The van der Waals surface area contributed by atoms with E-state index in [0.717, 1.165) is 5.56 Å².